The summed E-state index contributed by atoms with van der Waals surface area (Å²) in [5.74, 6) is 0. The molecular weight excluding hydrogens is 212 g/mol. The van der Waals surface area contributed by atoms with Crippen LogP contribution in [0.3, 0.4) is 0 Å². The second-order valence-corrected chi connectivity index (χ2v) is 4.08. The van der Waals surface area contributed by atoms with Gasteiger partial charge in [0.15, 0.2) is 0 Å². The van der Waals surface area contributed by atoms with Crippen molar-refractivity contribution in [1.82, 2.24) is 19.8 Å². The summed E-state index contributed by atoms with van der Waals surface area (Å²) < 4.78 is 1.89. The van der Waals surface area contributed by atoms with Crippen LogP contribution in [0.4, 0.5) is 0 Å². The summed E-state index contributed by atoms with van der Waals surface area (Å²) in [7, 11) is 0. The number of fused-ring (bicyclic) bond motifs is 1. The molecular formula is C13H12N4. The number of nitrogens with zero attached hydrogens (tertiary/aromatic N) is 4. The Morgan fingerprint density at radius 3 is 2.88 bits per heavy atom. The summed E-state index contributed by atoms with van der Waals surface area (Å²) in [5, 5.41) is 12.6. The average molecular weight is 224 g/mol. The highest BCUT2D eigenvalue weighted by Gasteiger charge is 2.10. The molecule has 3 heterocycles. The van der Waals surface area contributed by atoms with Crippen molar-refractivity contribution in [3.05, 3.63) is 47.8 Å². The molecule has 0 aliphatic heterocycles. The highest BCUT2D eigenvalue weighted by molar-refractivity contribution is 5.64. The van der Waals surface area contributed by atoms with Gasteiger partial charge in [0.05, 0.1) is 23.6 Å². The van der Waals surface area contributed by atoms with Crippen LogP contribution in [0, 0.1) is 13.8 Å². The van der Waals surface area contributed by atoms with Crippen molar-refractivity contribution in [3.8, 4) is 11.4 Å². The Morgan fingerprint density at radius 2 is 2.00 bits per heavy atom. The van der Waals surface area contributed by atoms with E-state index in [1.807, 2.05) is 35.7 Å². The molecule has 0 aliphatic rings. The van der Waals surface area contributed by atoms with Crippen LogP contribution in [0.5, 0.6) is 0 Å². The first-order chi connectivity index (χ1) is 8.27. The van der Waals surface area contributed by atoms with Crippen LogP contribution >= 0.6 is 0 Å². The first-order valence-corrected chi connectivity index (χ1v) is 5.49. The normalized spacial score (nSPS) is 10.9. The molecule has 0 fully saturated rings. The van der Waals surface area contributed by atoms with E-state index >= 15 is 0 Å². The molecule has 0 amide bonds. The minimum Gasteiger partial charge on any atom is -0.231 e. The Labute approximate surface area is 98.9 Å². The van der Waals surface area contributed by atoms with Crippen LogP contribution in [0.15, 0.2) is 36.7 Å². The number of aromatic nitrogens is 4. The van der Waals surface area contributed by atoms with Gasteiger partial charge in [0, 0.05) is 0 Å². The van der Waals surface area contributed by atoms with Crippen LogP contribution in [-0.2, 0) is 0 Å². The molecule has 3 aromatic rings. The Balaban J connectivity index is 2.34. The highest BCUT2D eigenvalue weighted by atomic mass is 15.2. The van der Waals surface area contributed by atoms with E-state index in [1.165, 1.54) is 0 Å². The minimum atomic E-state index is 0.888. The van der Waals surface area contributed by atoms with E-state index in [-0.39, 0.29) is 0 Å². The van der Waals surface area contributed by atoms with Gasteiger partial charge in [-0.2, -0.15) is 10.2 Å². The largest absolute Gasteiger partial charge is 0.231 e. The Morgan fingerprint density at radius 1 is 1.12 bits per heavy atom. The van der Waals surface area contributed by atoms with Gasteiger partial charge in [0.25, 0.3) is 0 Å². The van der Waals surface area contributed by atoms with Gasteiger partial charge in [-0.15, -0.1) is 5.10 Å². The van der Waals surface area contributed by atoms with Crippen LogP contribution in [0.2, 0.25) is 0 Å². The summed E-state index contributed by atoms with van der Waals surface area (Å²) >= 11 is 0. The Hall–Kier alpha value is -2.23. The van der Waals surface area contributed by atoms with E-state index < -0.39 is 0 Å². The number of hydrogen-bond donors (Lipinski definition) is 0. The number of hydrogen-bond acceptors (Lipinski definition) is 3. The monoisotopic (exact) mass is 224 g/mol. The number of rotatable bonds is 1. The first-order valence-electron chi connectivity index (χ1n) is 5.49. The van der Waals surface area contributed by atoms with Gasteiger partial charge < -0.3 is 0 Å². The lowest BCUT2D eigenvalue weighted by atomic mass is 10.1. The molecule has 0 bridgehead atoms. The minimum absolute atomic E-state index is 0.888. The van der Waals surface area contributed by atoms with Crippen LogP contribution in [-0.4, -0.2) is 19.8 Å². The van der Waals surface area contributed by atoms with Gasteiger partial charge in [-0.05, 0) is 43.2 Å². The summed E-state index contributed by atoms with van der Waals surface area (Å²) in [6.45, 7) is 4.10. The van der Waals surface area contributed by atoms with Crippen molar-refractivity contribution in [2.45, 2.75) is 13.8 Å². The van der Waals surface area contributed by atoms with Crippen molar-refractivity contribution >= 4 is 5.52 Å². The molecule has 17 heavy (non-hydrogen) atoms. The summed E-state index contributed by atoms with van der Waals surface area (Å²) in [5.41, 5.74) is 5.20. The van der Waals surface area contributed by atoms with Crippen LogP contribution < -0.4 is 0 Å². The third kappa shape index (κ3) is 1.49. The first kappa shape index (κ1) is 9.96. The maximum absolute atomic E-state index is 4.31. The zero-order chi connectivity index (χ0) is 11.8. The van der Waals surface area contributed by atoms with Crippen molar-refractivity contribution < 1.29 is 0 Å². The summed E-state index contributed by atoms with van der Waals surface area (Å²) in [4.78, 5) is 0. The van der Waals surface area contributed by atoms with E-state index in [2.05, 4.69) is 22.2 Å². The molecule has 0 radical (unpaired) electrons. The standard InChI is InChI=1S/C13H12N4/c1-9-8-14-16-13(10(9)2)12-5-3-4-11-6-7-15-17(11)12/h3-8H,1-2H3. The lowest BCUT2D eigenvalue weighted by Gasteiger charge is -2.08. The predicted molar refractivity (Wildman–Crippen MR) is 65.7 cm³/mol. The molecule has 84 valence electrons. The lowest BCUT2D eigenvalue weighted by molar-refractivity contribution is 0.933. The zero-order valence-corrected chi connectivity index (χ0v) is 9.75. The molecule has 0 saturated heterocycles. The fourth-order valence-corrected chi connectivity index (χ4v) is 1.90. The predicted octanol–water partition coefficient (Wildman–Crippen LogP) is 2.41. The number of aryl methyl sites for hydroxylation is 1. The van der Waals surface area contributed by atoms with Crippen molar-refractivity contribution in [1.29, 1.82) is 0 Å². The molecule has 0 N–H and O–H groups in total. The Kier molecular flexibility index (Phi) is 2.14. The lowest BCUT2D eigenvalue weighted by Crippen LogP contribution is -2.00. The smallest absolute Gasteiger partial charge is 0.115 e. The third-order valence-electron chi connectivity index (χ3n) is 3.02. The van der Waals surface area contributed by atoms with Gasteiger partial charge in [-0.1, -0.05) is 6.07 Å². The fraction of sp³-hybridized carbons (Fsp3) is 0.154. The molecule has 0 aliphatic carbocycles. The molecule has 4 heteroatoms. The molecule has 0 atom stereocenters. The summed E-state index contributed by atoms with van der Waals surface area (Å²) in [6, 6.07) is 8.02. The molecule has 0 saturated carbocycles. The van der Waals surface area contributed by atoms with E-state index in [4.69, 9.17) is 0 Å². The zero-order valence-electron chi connectivity index (χ0n) is 9.75. The van der Waals surface area contributed by atoms with E-state index in [1.54, 1.807) is 12.4 Å². The van der Waals surface area contributed by atoms with Crippen LogP contribution in [0.1, 0.15) is 11.1 Å². The van der Waals surface area contributed by atoms with Gasteiger partial charge in [-0.25, -0.2) is 4.52 Å². The molecule has 0 unspecified atom stereocenters. The highest BCUT2D eigenvalue weighted by Crippen LogP contribution is 2.22. The van der Waals surface area contributed by atoms with Crippen molar-refractivity contribution in [2.24, 2.45) is 0 Å². The maximum atomic E-state index is 4.31. The fourth-order valence-electron chi connectivity index (χ4n) is 1.90. The van der Waals surface area contributed by atoms with Gasteiger partial charge >= 0.3 is 0 Å². The van der Waals surface area contributed by atoms with Gasteiger partial charge in [-0.3, -0.25) is 0 Å². The molecule has 3 rings (SSSR count). The van der Waals surface area contributed by atoms with E-state index in [0.717, 1.165) is 28.0 Å². The second kappa shape index (κ2) is 3.66. The van der Waals surface area contributed by atoms with Gasteiger partial charge in [0.2, 0.25) is 0 Å². The third-order valence-corrected chi connectivity index (χ3v) is 3.02. The maximum Gasteiger partial charge on any atom is 0.115 e. The number of pyridine rings is 1. The average Bonchev–Trinajstić information content (AvgIpc) is 2.81. The molecule has 0 spiro atoms. The quantitative estimate of drug-likeness (QED) is 0.637. The molecule has 0 aromatic carbocycles. The SMILES string of the molecule is Cc1cnnc(-c2cccc3ccnn23)c1C. The van der Waals surface area contributed by atoms with Crippen LogP contribution in [0.25, 0.3) is 16.9 Å². The van der Waals surface area contributed by atoms with Crippen molar-refractivity contribution in [3.63, 3.8) is 0 Å². The van der Waals surface area contributed by atoms with Crippen molar-refractivity contribution in [2.75, 3.05) is 0 Å². The summed E-state index contributed by atoms with van der Waals surface area (Å²) in [6.07, 6.45) is 3.57. The van der Waals surface area contributed by atoms with E-state index in [9.17, 15) is 0 Å². The Bertz CT molecular complexity index is 685. The van der Waals surface area contributed by atoms with E-state index in [0.29, 0.717) is 0 Å². The second-order valence-electron chi connectivity index (χ2n) is 4.08. The topological polar surface area (TPSA) is 43.1 Å². The van der Waals surface area contributed by atoms with Gasteiger partial charge in [0.1, 0.15) is 5.69 Å². The molecule has 4 nitrogen and oxygen atoms in total. The molecule has 3 aromatic heterocycles.